The number of nitrogens with zero attached hydrogens (tertiary/aromatic N) is 1. The number of rotatable bonds is 3. The average Bonchev–Trinajstić information content (AvgIpc) is 2.84. The predicted molar refractivity (Wildman–Crippen MR) is 69.5 cm³/mol. The van der Waals surface area contributed by atoms with Gasteiger partial charge in [-0.25, -0.2) is 13.8 Å². The summed E-state index contributed by atoms with van der Waals surface area (Å²) in [6.07, 6.45) is 1.66. The molecule has 0 aliphatic carbocycles. The Morgan fingerprint density at radius 2 is 2.06 bits per heavy atom. The molecule has 3 N–H and O–H groups in total. The molecule has 0 aliphatic rings. The van der Waals surface area contributed by atoms with E-state index in [2.05, 4.69) is 10.3 Å². The number of aromatic nitrogens is 1. The summed E-state index contributed by atoms with van der Waals surface area (Å²) in [5.41, 5.74) is 5.17. The SMILES string of the molecule is CC(C)(Nc1c(N)ccc(F)c1F)c1nccs1. The first-order chi connectivity index (χ1) is 8.42. The summed E-state index contributed by atoms with van der Waals surface area (Å²) < 4.78 is 26.9. The van der Waals surface area contributed by atoms with E-state index in [1.165, 1.54) is 17.4 Å². The smallest absolute Gasteiger partial charge is 0.184 e. The maximum Gasteiger partial charge on any atom is 0.184 e. The molecule has 0 spiro atoms. The van der Waals surface area contributed by atoms with Crippen LogP contribution in [-0.4, -0.2) is 4.98 Å². The lowest BCUT2D eigenvalue weighted by Crippen LogP contribution is -2.29. The molecule has 0 bridgehead atoms. The molecular weight excluding hydrogens is 256 g/mol. The fourth-order valence-electron chi connectivity index (χ4n) is 1.59. The molecule has 0 atom stereocenters. The van der Waals surface area contributed by atoms with Crippen molar-refractivity contribution < 1.29 is 8.78 Å². The van der Waals surface area contributed by atoms with Crippen LogP contribution in [0.3, 0.4) is 0 Å². The number of benzene rings is 1. The lowest BCUT2D eigenvalue weighted by molar-refractivity contribution is 0.505. The number of hydrogen-bond donors (Lipinski definition) is 2. The van der Waals surface area contributed by atoms with E-state index in [1.54, 1.807) is 6.20 Å². The minimum atomic E-state index is -0.973. The Balaban J connectivity index is 2.38. The molecule has 0 fully saturated rings. The van der Waals surface area contributed by atoms with Crippen molar-refractivity contribution in [3.63, 3.8) is 0 Å². The largest absolute Gasteiger partial charge is 0.397 e. The molecule has 0 unspecified atom stereocenters. The third-order valence-electron chi connectivity index (χ3n) is 2.53. The highest BCUT2D eigenvalue weighted by molar-refractivity contribution is 7.09. The second-order valence-corrected chi connectivity index (χ2v) is 5.31. The fourth-order valence-corrected chi connectivity index (χ4v) is 2.31. The molecule has 2 aromatic rings. The first-order valence-corrected chi connectivity index (χ1v) is 6.21. The van der Waals surface area contributed by atoms with Crippen molar-refractivity contribution in [2.75, 3.05) is 11.1 Å². The van der Waals surface area contributed by atoms with Crippen LogP contribution in [0.2, 0.25) is 0 Å². The van der Waals surface area contributed by atoms with Gasteiger partial charge in [0.1, 0.15) is 5.01 Å². The van der Waals surface area contributed by atoms with Gasteiger partial charge in [-0.15, -0.1) is 11.3 Å². The number of anilines is 2. The lowest BCUT2D eigenvalue weighted by Gasteiger charge is -2.26. The zero-order valence-electron chi connectivity index (χ0n) is 10.00. The van der Waals surface area contributed by atoms with Crippen molar-refractivity contribution in [3.05, 3.63) is 40.4 Å². The average molecular weight is 269 g/mol. The van der Waals surface area contributed by atoms with E-state index in [1.807, 2.05) is 19.2 Å². The van der Waals surface area contributed by atoms with E-state index < -0.39 is 17.2 Å². The first kappa shape index (κ1) is 12.8. The quantitative estimate of drug-likeness (QED) is 0.840. The van der Waals surface area contributed by atoms with Crippen molar-refractivity contribution >= 4 is 22.7 Å². The van der Waals surface area contributed by atoms with Crippen LogP contribution in [0.15, 0.2) is 23.7 Å². The Morgan fingerprint density at radius 3 is 2.67 bits per heavy atom. The fraction of sp³-hybridized carbons (Fsp3) is 0.250. The molecule has 0 saturated carbocycles. The molecule has 0 aliphatic heterocycles. The zero-order valence-corrected chi connectivity index (χ0v) is 10.8. The number of hydrogen-bond acceptors (Lipinski definition) is 4. The van der Waals surface area contributed by atoms with Gasteiger partial charge in [0, 0.05) is 11.6 Å². The highest BCUT2D eigenvalue weighted by Crippen LogP contribution is 2.32. The molecular formula is C12H13F2N3S. The normalized spacial score (nSPS) is 11.6. The van der Waals surface area contributed by atoms with Crippen molar-refractivity contribution in [3.8, 4) is 0 Å². The van der Waals surface area contributed by atoms with E-state index >= 15 is 0 Å². The monoisotopic (exact) mass is 269 g/mol. The van der Waals surface area contributed by atoms with Crippen LogP contribution in [0.4, 0.5) is 20.2 Å². The number of halogens is 2. The lowest BCUT2D eigenvalue weighted by atomic mass is 10.1. The third kappa shape index (κ3) is 2.28. The topological polar surface area (TPSA) is 50.9 Å². The van der Waals surface area contributed by atoms with E-state index in [4.69, 9.17) is 5.73 Å². The highest BCUT2D eigenvalue weighted by atomic mass is 32.1. The number of thiazole rings is 1. The molecule has 2 rings (SSSR count). The van der Waals surface area contributed by atoms with Crippen LogP contribution < -0.4 is 11.1 Å². The second kappa shape index (κ2) is 4.53. The Labute approximate surface area is 108 Å². The van der Waals surface area contributed by atoms with E-state index in [0.29, 0.717) is 0 Å². The van der Waals surface area contributed by atoms with Crippen LogP contribution >= 0.6 is 11.3 Å². The third-order valence-corrected chi connectivity index (χ3v) is 3.63. The minimum Gasteiger partial charge on any atom is -0.397 e. The molecule has 0 radical (unpaired) electrons. The number of nitrogens with one attached hydrogen (secondary N) is 1. The van der Waals surface area contributed by atoms with Gasteiger partial charge < -0.3 is 11.1 Å². The Kier molecular flexibility index (Phi) is 3.21. The summed E-state index contributed by atoms with van der Waals surface area (Å²) in [5.74, 6) is -1.90. The summed E-state index contributed by atoms with van der Waals surface area (Å²) in [6.45, 7) is 3.66. The van der Waals surface area contributed by atoms with Gasteiger partial charge in [0.25, 0.3) is 0 Å². The van der Waals surface area contributed by atoms with Gasteiger partial charge in [-0.05, 0) is 26.0 Å². The van der Waals surface area contributed by atoms with E-state index in [9.17, 15) is 8.78 Å². The van der Waals surface area contributed by atoms with Gasteiger partial charge in [0.2, 0.25) is 0 Å². The van der Waals surface area contributed by atoms with E-state index in [0.717, 1.165) is 11.1 Å². The van der Waals surface area contributed by atoms with Crippen molar-refractivity contribution in [2.24, 2.45) is 0 Å². The van der Waals surface area contributed by atoms with Crippen LogP contribution in [0.1, 0.15) is 18.9 Å². The molecule has 96 valence electrons. The standard InChI is InChI=1S/C12H13F2N3S/c1-12(2,11-16-5-6-18-11)17-10-8(15)4-3-7(13)9(10)14/h3-6,17H,15H2,1-2H3. The predicted octanol–water partition coefficient (Wildman–Crippen LogP) is 3.35. The first-order valence-electron chi connectivity index (χ1n) is 5.33. The van der Waals surface area contributed by atoms with Gasteiger partial charge in [0.15, 0.2) is 11.6 Å². The molecule has 1 heterocycles. The minimum absolute atomic E-state index is 0.0322. The van der Waals surface area contributed by atoms with Crippen LogP contribution in [0, 0.1) is 11.6 Å². The van der Waals surface area contributed by atoms with Crippen molar-refractivity contribution in [2.45, 2.75) is 19.4 Å². The summed E-state index contributed by atoms with van der Waals surface area (Å²) >= 11 is 1.43. The van der Waals surface area contributed by atoms with Crippen LogP contribution in [-0.2, 0) is 5.54 Å². The summed E-state index contributed by atoms with van der Waals surface area (Å²) in [5, 5.41) is 5.50. The van der Waals surface area contributed by atoms with Gasteiger partial charge >= 0.3 is 0 Å². The Morgan fingerprint density at radius 1 is 1.33 bits per heavy atom. The highest BCUT2D eigenvalue weighted by Gasteiger charge is 2.26. The molecule has 3 nitrogen and oxygen atoms in total. The number of nitrogen functional groups attached to an aromatic ring is 1. The molecule has 1 aromatic heterocycles. The van der Waals surface area contributed by atoms with Gasteiger partial charge in [-0.2, -0.15) is 0 Å². The zero-order chi connectivity index (χ0) is 13.3. The number of nitrogens with two attached hydrogens (primary N) is 1. The summed E-state index contributed by atoms with van der Waals surface area (Å²) in [6, 6.07) is 2.34. The molecule has 1 aromatic carbocycles. The van der Waals surface area contributed by atoms with Crippen molar-refractivity contribution in [1.82, 2.24) is 4.98 Å². The van der Waals surface area contributed by atoms with Crippen molar-refractivity contribution in [1.29, 1.82) is 0 Å². The molecule has 6 heteroatoms. The Hall–Kier alpha value is -1.69. The Bertz CT molecular complexity index is 553. The van der Waals surface area contributed by atoms with Gasteiger partial charge in [0.05, 0.1) is 16.9 Å². The molecule has 18 heavy (non-hydrogen) atoms. The maximum absolute atomic E-state index is 13.7. The molecule has 0 amide bonds. The van der Waals surface area contributed by atoms with Crippen LogP contribution in [0.5, 0.6) is 0 Å². The summed E-state index contributed by atoms with van der Waals surface area (Å²) in [4.78, 5) is 4.16. The summed E-state index contributed by atoms with van der Waals surface area (Å²) in [7, 11) is 0. The van der Waals surface area contributed by atoms with Crippen LogP contribution in [0.25, 0.3) is 0 Å². The maximum atomic E-state index is 13.7. The molecule has 0 saturated heterocycles. The van der Waals surface area contributed by atoms with Gasteiger partial charge in [-0.1, -0.05) is 0 Å². The second-order valence-electron chi connectivity index (χ2n) is 4.41. The van der Waals surface area contributed by atoms with Gasteiger partial charge in [-0.3, -0.25) is 0 Å². The van der Waals surface area contributed by atoms with E-state index in [-0.39, 0.29) is 11.4 Å².